The van der Waals surface area contributed by atoms with Crippen LogP contribution in [0.25, 0.3) is 10.8 Å². The van der Waals surface area contributed by atoms with Gasteiger partial charge in [0, 0.05) is 23.1 Å². The van der Waals surface area contributed by atoms with Gasteiger partial charge in [-0.05, 0) is 84.1 Å². The van der Waals surface area contributed by atoms with Crippen LogP contribution in [0.4, 0.5) is 18.0 Å². The van der Waals surface area contributed by atoms with Crippen LogP contribution in [-0.4, -0.2) is 95.5 Å². The molecule has 14 nitrogen and oxygen atoms in total. The summed E-state index contributed by atoms with van der Waals surface area (Å²) >= 11 is 0. The van der Waals surface area contributed by atoms with Crippen molar-refractivity contribution in [3.63, 3.8) is 0 Å². The highest BCUT2D eigenvalue weighted by Crippen LogP contribution is 2.48. The van der Waals surface area contributed by atoms with Crippen LogP contribution in [0.15, 0.2) is 42.6 Å². The summed E-state index contributed by atoms with van der Waals surface area (Å²) in [5.41, 5.74) is -4.53. The van der Waals surface area contributed by atoms with Gasteiger partial charge in [-0.3, -0.25) is 19.1 Å². The Morgan fingerprint density at radius 2 is 1.78 bits per heavy atom. The lowest BCUT2D eigenvalue weighted by molar-refractivity contribution is -0.244. The number of rotatable bonds is 9. The third kappa shape index (κ3) is 8.71. The second-order valence-electron chi connectivity index (χ2n) is 16.9. The van der Waals surface area contributed by atoms with E-state index in [1.54, 1.807) is 25.1 Å². The quantitative estimate of drug-likeness (QED) is 0.281. The van der Waals surface area contributed by atoms with Gasteiger partial charge in [-0.2, -0.15) is 13.2 Å². The molecular weight excluding hydrogens is 784 g/mol. The van der Waals surface area contributed by atoms with Crippen molar-refractivity contribution in [2.45, 2.75) is 127 Å². The van der Waals surface area contributed by atoms with E-state index in [9.17, 15) is 40.8 Å². The smallest absolute Gasteiger partial charge is 0.427 e. The minimum atomic E-state index is -4.91. The van der Waals surface area contributed by atoms with E-state index in [0.29, 0.717) is 69.1 Å². The van der Waals surface area contributed by atoms with Crippen molar-refractivity contribution in [2.24, 2.45) is 17.8 Å². The van der Waals surface area contributed by atoms with Crippen LogP contribution in [0.1, 0.15) is 86.5 Å². The van der Waals surface area contributed by atoms with Crippen molar-refractivity contribution in [1.29, 1.82) is 0 Å². The fraction of sp³-hybridized carbons (Fsp3) is 0.625. The van der Waals surface area contributed by atoms with E-state index in [1.165, 1.54) is 18.0 Å². The molecule has 318 valence electrons. The minimum absolute atomic E-state index is 0.0366. The molecule has 58 heavy (non-hydrogen) atoms. The maximum absolute atomic E-state index is 14.8. The van der Waals surface area contributed by atoms with Gasteiger partial charge in [-0.15, -0.1) is 0 Å². The maximum Gasteiger partial charge on any atom is 0.427 e. The Hall–Kier alpha value is -4.61. The molecule has 4 aliphatic rings. The standard InChI is InChI=1S/C40H52F3N5O9S/c1-7-55-30-21-44-33(28-15-11-10-14-27(28)30)56-26-19-29-32(49)46-39(35(51)47-58(53,54)38(6)16-17-38)20-25(39)13-9-8-12-23(2)18-24(3)31(34(50)48(29)22-26)45-36(52)57-37(4,5)40(41,42)43/h9-11,13-15,21,23-26,29,31H,7-8,12,16-20,22H2,1-6H3,(H,45,52)(H,46,49)(H,47,51)/b13-9-/t23-,24-,25-,26-,29+,31+,39-/m1/s1. The van der Waals surface area contributed by atoms with Crippen molar-refractivity contribution >= 4 is 44.6 Å². The molecule has 0 unspecified atom stereocenters. The highest BCUT2D eigenvalue weighted by Gasteiger charge is 2.63. The fourth-order valence-electron chi connectivity index (χ4n) is 7.71. The molecule has 3 N–H and O–H groups in total. The van der Waals surface area contributed by atoms with E-state index in [4.69, 9.17) is 14.2 Å². The number of alkyl carbamates (subject to hydrolysis) is 1. The van der Waals surface area contributed by atoms with E-state index in [0.717, 1.165) is 0 Å². The number of fused-ring (bicyclic) bond motifs is 3. The van der Waals surface area contributed by atoms with Gasteiger partial charge in [0.1, 0.15) is 29.5 Å². The molecule has 3 fully saturated rings. The van der Waals surface area contributed by atoms with Crippen LogP contribution in [-0.2, 0) is 29.1 Å². The van der Waals surface area contributed by atoms with Crippen molar-refractivity contribution < 1.29 is 55.0 Å². The lowest BCUT2D eigenvalue weighted by Gasteiger charge is -2.34. The van der Waals surface area contributed by atoms with Crippen LogP contribution in [0.3, 0.4) is 0 Å². The molecule has 6 rings (SSSR count). The Labute approximate surface area is 336 Å². The van der Waals surface area contributed by atoms with Gasteiger partial charge in [0.05, 0.1) is 24.1 Å². The number of aromatic nitrogens is 1. The Morgan fingerprint density at radius 3 is 2.43 bits per heavy atom. The molecule has 1 saturated heterocycles. The first-order valence-electron chi connectivity index (χ1n) is 19.7. The van der Waals surface area contributed by atoms with Gasteiger partial charge in [0.2, 0.25) is 33.3 Å². The van der Waals surface area contributed by atoms with Crippen molar-refractivity contribution in [1.82, 2.24) is 25.2 Å². The normalized spacial score (nSPS) is 29.4. The fourth-order valence-corrected chi connectivity index (χ4v) is 9.02. The number of hydrogen-bond acceptors (Lipinski definition) is 10. The summed E-state index contributed by atoms with van der Waals surface area (Å²) < 4.78 is 85.6. The number of ether oxygens (including phenoxy) is 3. The first-order valence-corrected chi connectivity index (χ1v) is 21.2. The van der Waals surface area contributed by atoms with Gasteiger partial charge < -0.3 is 29.7 Å². The molecule has 1 aromatic heterocycles. The second kappa shape index (κ2) is 15.9. The van der Waals surface area contributed by atoms with Gasteiger partial charge in [0.25, 0.3) is 5.91 Å². The lowest BCUT2D eigenvalue weighted by Crippen LogP contribution is -2.59. The van der Waals surface area contributed by atoms with Gasteiger partial charge in [-0.25, -0.2) is 18.2 Å². The van der Waals surface area contributed by atoms with E-state index in [-0.39, 0.29) is 31.2 Å². The maximum atomic E-state index is 14.8. The van der Waals surface area contributed by atoms with Crippen LogP contribution in [0, 0.1) is 17.8 Å². The largest absolute Gasteiger partial charge is 0.492 e. The number of sulfonamides is 1. The number of allylic oxidation sites excluding steroid dienone is 1. The topological polar surface area (TPSA) is 182 Å². The molecule has 2 aliphatic heterocycles. The Bertz CT molecular complexity index is 2070. The zero-order valence-electron chi connectivity index (χ0n) is 33.5. The minimum Gasteiger partial charge on any atom is -0.492 e. The van der Waals surface area contributed by atoms with Crippen molar-refractivity contribution in [3.8, 4) is 11.6 Å². The van der Waals surface area contributed by atoms with Crippen molar-refractivity contribution in [2.75, 3.05) is 13.2 Å². The van der Waals surface area contributed by atoms with Gasteiger partial charge in [-0.1, -0.05) is 44.2 Å². The zero-order chi connectivity index (χ0) is 42.4. The van der Waals surface area contributed by atoms with Gasteiger partial charge in [0.15, 0.2) is 0 Å². The van der Waals surface area contributed by atoms with Crippen LogP contribution >= 0.6 is 0 Å². The molecule has 4 amide bonds. The third-order valence-corrected chi connectivity index (χ3v) is 14.0. The van der Waals surface area contributed by atoms with Crippen molar-refractivity contribution in [3.05, 3.63) is 42.6 Å². The zero-order valence-corrected chi connectivity index (χ0v) is 34.3. The molecule has 2 aromatic rings. The predicted octanol–water partition coefficient (Wildman–Crippen LogP) is 5.30. The highest BCUT2D eigenvalue weighted by atomic mass is 32.2. The van der Waals surface area contributed by atoms with Crippen LogP contribution in [0.5, 0.6) is 11.6 Å². The summed E-state index contributed by atoms with van der Waals surface area (Å²) in [6, 6.07) is 4.46. The highest BCUT2D eigenvalue weighted by molar-refractivity contribution is 7.91. The molecule has 18 heteroatoms. The molecule has 7 atom stereocenters. The van der Waals surface area contributed by atoms with Crippen LogP contribution in [0.2, 0.25) is 0 Å². The number of amides is 4. The van der Waals surface area contributed by atoms with Crippen LogP contribution < -0.4 is 24.8 Å². The summed E-state index contributed by atoms with van der Waals surface area (Å²) in [5.74, 6) is -2.96. The SMILES string of the molecule is CCOc1cnc(O[C@@H]2C[C@H]3C(=O)N[C@]4(C(=O)NS(=O)(=O)C5(C)CC5)C[C@H]4/C=C\CC[C@@H](C)C[C@@H](C)[C@H](NC(=O)OC(C)(C)C(F)(F)F)C(=O)N3C2)c2ccccc12. The molecule has 2 aliphatic carbocycles. The number of benzene rings is 1. The average Bonchev–Trinajstić information content (AvgIpc) is 4.02. The van der Waals surface area contributed by atoms with E-state index in [2.05, 4.69) is 20.3 Å². The predicted molar refractivity (Wildman–Crippen MR) is 206 cm³/mol. The Morgan fingerprint density at radius 1 is 1.09 bits per heavy atom. The number of nitrogens with zero attached hydrogens (tertiary/aromatic N) is 2. The first-order chi connectivity index (χ1) is 27.1. The number of pyridine rings is 1. The Kier molecular flexibility index (Phi) is 11.8. The molecule has 3 heterocycles. The monoisotopic (exact) mass is 835 g/mol. The summed E-state index contributed by atoms with van der Waals surface area (Å²) in [6.07, 6.45) is 0.179. The van der Waals surface area contributed by atoms with Gasteiger partial charge >= 0.3 is 12.3 Å². The number of alkyl halides is 3. The number of carbonyl (C=O) groups excluding carboxylic acids is 4. The van der Waals surface area contributed by atoms with E-state index < -0.39 is 85.9 Å². The molecule has 0 bridgehead atoms. The number of carbonyl (C=O) groups is 4. The molecule has 0 radical (unpaired) electrons. The molecule has 2 saturated carbocycles. The summed E-state index contributed by atoms with van der Waals surface area (Å²) in [4.78, 5) is 62.0. The summed E-state index contributed by atoms with van der Waals surface area (Å²) in [5, 5.41) is 6.49. The number of nitrogens with one attached hydrogen (secondary N) is 3. The first kappa shape index (κ1) is 43.0. The number of halogens is 3. The number of hydrogen-bond donors (Lipinski definition) is 3. The molecule has 1 aromatic carbocycles. The summed E-state index contributed by atoms with van der Waals surface area (Å²) in [7, 11) is -4.08. The molecular formula is C40H52F3N5O9S. The lowest BCUT2D eigenvalue weighted by atomic mass is 9.88. The third-order valence-electron chi connectivity index (χ3n) is 11.9. The summed E-state index contributed by atoms with van der Waals surface area (Å²) in [6.45, 7) is 8.56. The average molecular weight is 836 g/mol. The van der Waals surface area contributed by atoms with E-state index in [1.807, 2.05) is 32.1 Å². The van der Waals surface area contributed by atoms with E-state index >= 15 is 0 Å². The molecule has 0 spiro atoms. The second-order valence-corrected chi connectivity index (χ2v) is 19.1. The Balaban J connectivity index is 1.36.